The van der Waals surface area contributed by atoms with Crippen LogP contribution >= 0.6 is 0 Å². The summed E-state index contributed by atoms with van der Waals surface area (Å²) in [6, 6.07) is 12.6. The predicted octanol–water partition coefficient (Wildman–Crippen LogP) is 3.18. The number of esters is 1. The normalized spacial score (nSPS) is 9.80. The van der Waals surface area contributed by atoms with Crippen molar-refractivity contribution in [1.82, 2.24) is 0 Å². The van der Waals surface area contributed by atoms with Crippen LogP contribution in [-0.2, 0) is 0 Å². The van der Waals surface area contributed by atoms with Gasteiger partial charge >= 0.3 is 5.97 Å². The van der Waals surface area contributed by atoms with E-state index in [1.807, 2.05) is 0 Å². The van der Waals surface area contributed by atoms with E-state index in [0.29, 0.717) is 23.7 Å². The standard InChI is InChI=1S/C16H14O4/c1-2-11-19-14-7-3-12(4-8-14)16(18)20-15-9-5-13(17)6-10-15/h2-10,17H,1,11H2. The van der Waals surface area contributed by atoms with E-state index in [1.54, 1.807) is 30.3 Å². The van der Waals surface area contributed by atoms with E-state index >= 15 is 0 Å². The Labute approximate surface area is 116 Å². The first-order chi connectivity index (χ1) is 9.69. The van der Waals surface area contributed by atoms with Gasteiger partial charge in [-0.15, -0.1) is 0 Å². The average Bonchev–Trinajstić information content (AvgIpc) is 2.48. The molecular formula is C16H14O4. The van der Waals surface area contributed by atoms with Gasteiger partial charge in [0.2, 0.25) is 0 Å². The molecule has 0 saturated carbocycles. The van der Waals surface area contributed by atoms with Crippen molar-refractivity contribution in [2.45, 2.75) is 0 Å². The lowest BCUT2D eigenvalue weighted by Gasteiger charge is -2.06. The number of benzene rings is 2. The molecule has 2 rings (SSSR count). The topological polar surface area (TPSA) is 55.8 Å². The molecule has 0 atom stereocenters. The molecule has 0 fully saturated rings. The molecule has 0 spiro atoms. The van der Waals surface area contributed by atoms with Gasteiger partial charge in [-0.2, -0.15) is 0 Å². The van der Waals surface area contributed by atoms with Crippen LogP contribution < -0.4 is 9.47 Å². The van der Waals surface area contributed by atoms with E-state index in [4.69, 9.17) is 14.6 Å². The summed E-state index contributed by atoms with van der Waals surface area (Å²) in [5.41, 5.74) is 0.420. The van der Waals surface area contributed by atoms with Gasteiger partial charge in [-0.05, 0) is 48.5 Å². The lowest BCUT2D eigenvalue weighted by atomic mass is 10.2. The number of rotatable bonds is 5. The zero-order valence-corrected chi connectivity index (χ0v) is 10.8. The Bertz CT molecular complexity index is 585. The van der Waals surface area contributed by atoms with Crippen LogP contribution in [0.4, 0.5) is 0 Å². The number of carbonyl (C=O) groups is 1. The Morgan fingerprint density at radius 1 is 1.05 bits per heavy atom. The van der Waals surface area contributed by atoms with Crippen molar-refractivity contribution < 1.29 is 19.4 Å². The van der Waals surface area contributed by atoms with Gasteiger partial charge in [0, 0.05) is 0 Å². The largest absolute Gasteiger partial charge is 0.508 e. The monoisotopic (exact) mass is 270 g/mol. The average molecular weight is 270 g/mol. The van der Waals surface area contributed by atoms with Crippen molar-refractivity contribution in [3.05, 3.63) is 66.7 Å². The second kappa shape index (κ2) is 6.43. The second-order valence-corrected chi connectivity index (χ2v) is 4.01. The third kappa shape index (κ3) is 3.62. The number of aromatic hydroxyl groups is 1. The molecule has 0 aliphatic heterocycles. The van der Waals surface area contributed by atoms with Gasteiger partial charge < -0.3 is 14.6 Å². The molecule has 20 heavy (non-hydrogen) atoms. The smallest absolute Gasteiger partial charge is 0.343 e. The van der Waals surface area contributed by atoms with Crippen molar-refractivity contribution in [3.8, 4) is 17.2 Å². The fourth-order valence-corrected chi connectivity index (χ4v) is 1.52. The summed E-state index contributed by atoms with van der Waals surface area (Å²) in [7, 11) is 0. The molecule has 0 aliphatic rings. The second-order valence-electron chi connectivity index (χ2n) is 4.01. The number of hydrogen-bond acceptors (Lipinski definition) is 4. The number of ether oxygens (including phenoxy) is 2. The molecule has 0 unspecified atom stereocenters. The lowest BCUT2D eigenvalue weighted by Crippen LogP contribution is -2.08. The Kier molecular flexibility index (Phi) is 4.39. The summed E-state index contributed by atoms with van der Waals surface area (Å²) in [6.45, 7) is 3.97. The summed E-state index contributed by atoms with van der Waals surface area (Å²) in [5.74, 6) is 0.686. The van der Waals surface area contributed by atoms with Crippen LogP contribution in [0.25, 0.3) is 0 Å². The summed E-state index contributed by atoms with van der Waals surface area (Å²) >= 11 is 0. The van der Waals surface area contributed by atoms with Crippen molar-refractivity contribution in [2.24, 2.45) is 0 Å². The highest BCUT2D eigenvalue weighted by Gasteiger charge is 2.08. The zero-order valence-electron chi connectivity index (χ0n) is 10.8. The third-order valence-corrected chi connectivity index (χ3v) is 2.51. The predicted molar refractivity (Wildman–Crippen MR) is 75.2 cm³/mol. The summed E-state index contributed by atoms with van der Waals surface area (Å²) in [6.07, 6.45) is 1.65. The van der Waals surface area contributed by atoms with E-state index < -0.39 is 5.97 Å². The van der Waals surface area contributed by atoms with Crippen LogP contribution in [0.15, 0.2) is 61.2 Å². The Morgan fingerprint density at radius 2 is 1.65 bits per heavy atom. The minimum atomic E-state index is -0.467. The van der Waals surface area contributed by atoms with Crippen LogP contribution in [0, 0.1) is 0 Å². The van der Waals surface area contributed by atoms with E-state index in [1.165, 1.54) is 24.3 Å². The van der Waals surface area contributed by atoms with Gasteiger partial charge in [0.15, 0.2) is 0 Å². The molecule has 4 nitrogen and oxygen atoms in total. The maximum Gasteiger partial charge on any atom is 0.343 e. The molecule has 4 heteroatoms. The van der Waals surface area contributed by atoms with Gasteiger partial charge in [-0.1, -0.05) is 12.7 Å². The summed E-state index contributed by atoms with van der Waals surface area (Å²) in [4.78, 5) is 11.9. The number of hydrogen-bond donors (Lipinski definition) is 1. The Balaban J connectivity index is 2.01. The lowest BCUT2D eigenvalue weighted by molar-refractivity contribution is 0.0734. The van der Waals surface area contributed by atoms with Crippen molar-refractivity contribution in [2.75, 3.05) is 6.61 Å². The highest BCUT2D eigenvalue weighted by atomic mass is 16.5. The molecule has 0 amide bonds. The van der Waals surface area contributed by atoms with Crippen LogP contribution in [0.3, 0.4) is 0 Å². The molecule has 0 radical (unpaired) electrons. The van der Waals surface area contributed by atoms with Gasteiger partial charge in [0.1, 0.15) is 23.9 Å². The number of phenols is 1. The molecule has 102 valence electrons. The molecule has 0 bridgehead atoms. The SMILES string of the molecule is C=CCOc1ccc(C(=O)Oc2ccc(O)cc2)cc1. The third-order valence-electron chi connectivity index (χ3n) is 2.51. The fourth-order valence-electron chi connectivity index (χ4n) is 1.52. The molecule has 2 aromatic carbocycles. The maximum absolute atomic E-state index is 11.9. The van der Waals surface area contributed by atoms with Crippen molar-refractivity contribution >= 4 is 5.97 Å². The van der Waals surface area contributed by atoms with Crippen LogP contribution in [-0.4, -0.2) is 17.7 Å². The molecule has 0 saturated heterocycles. The maximum atomic E-state index is 11.9. The van der Waals surface area contributed by atoms with Crippen molar-refractivity contribution in [1.29, 1.82) is 0 Å². The van der Waals surface area contributed by atoms with Crippen LogP contribution in [0.2, 0.25) is 0 Å². The fraction of sp³-hybridized carbons (Fsp3) is 0.0625. The van der Waals surface area contributed by atoms with E-state index in [9.17, 15) is 4.79 Å². The van der Waals surface area contributed by atoms with Gasteiger partial charge in [0.05, 0.1) is 5.56 Å². The van der Waals surface area contributed by atoms with E-state index in [-0.39, 0.29) is 5.75 Å². The molecule has 0 heterocycles. The van der Waals surface area contributed by atoms with Gasteiger partial charge in [0.25, 0.3) is 0 Å². The summed E-state index contributed by atoms with van der Waals surface area (Å²) < 4.78 is 10.5. The first-order valence-electron chi connectivity index (χ1n) is 6.04. The molecule has 1 N–H and O–H groups in total. The van der Waals surface area contributed by atoms with Crippen molar-refractivity contribution in [3.63, 3.8) is 0 Å². The first-order valence-corrected chi connectivity index (χ1v) is 6.04. The summed E-state index contributed by atoms with van der Waals surface area (Å²) in [5, 5.41) is 9.15. The zero-order chi connectivity index (χ0) is 14.4. The highest BCUT2D eigenvalue weighted by molar-refractivity contribution is 5.91. The highest BCUT2D eigenvalue weighted by Crippen LogP contribution is 2.18. The Hall–Kier alpha value is -2.75. The van der Waals surface area contributed by atoms with E-state index in [0.717, 1.165) is 0 Å². The minimum absolute atomic E-state index is 0.119. The molecular weight excluding hydrogens is 256 g/mol. The van der Waals surface area contributed by atoms with Crippen LogP contribution in [0.1, 0.15) is 10.4 Å². The quantitative estimate of drug-likeness (QED) is 0.515. The van der Waals surface area contributed by atoms with E-state index in [2.05, 4.69) is 6.58 Å². The van der Waals surface area contributed by atoms with Gasteiger partial charge in [-0.25, -0.2) is 4.79 Å². The van der Waals surface area contributed by atoms with Crippen LogP contribution in [0.5, 0.6) is 17.2 Å². The number of phenolic OH excluding ortho intramolecular Hbond substituents is 1. The number of carbonyl (C=O) groups excluding carboxylic acids is 1. The molecule has 2 aromatic rings. The molecule has 0 aliphatic carbocycles. The Morgan fingerprint density at radius 3 is 2.25 bits per heavy atom. The minimum Gasteiger partial charge on any atom is -0.508 e. The van der Waals surface area contributed by atoms with Gasteiger partial charge in [-0.3, -0.25) is 0 Å². The first kappa shape index (κ1) is 13.7. The molecule has 0 aromatic heterocycles.